The molecule has 0 spiro atoms. The van der Waals surface area contributed by atoms with Gasteiger partial charge in [-0.2, -0.15) is 0 Å². The van der Waals surface area contributed by atoms with Crippen molar-refractivity contribution >= 4 is 23.7 Å². The molecule has 0 aromatic heterocycles. The van der Waals surface area contributed by atoms with Crippen LogP contribution in [0.2, 0.25) is 0 Å². The average molecular weight is 477 g/mol. The van der Waals surface area contributed by atoms with Crippen LogP contribution in [0, 0.1) is 29.1 Å². The van der Waals surface area contributed by atoms with Gasteiger partial charge in [-0.25, -0.2) is 0 Å². The number of rotatable bonds is 13. The first-order valence-electron chi connectivity index (χ1n) is 12.0. The van der Waals surface area contributed by atoms with Crippen molar-refractivity contribution in [3.05, 3.63) is 12.2 Å². The Labute approximate surface area is 204 Å². The maximum absolute atomic E-state index is 12.8. The number of hydrogen-bond acceptors (Lipinski definition) is 7. The maximum atomic E-state index is 12.8. The number of esters is 3. The van der Waals surface area contributed by atoms with Gasteiger partial charge in [-0.1, -0.05) is 39.2 Å². The van der Waals surface area contributed by atoms with Gasteiger partial charge in [0.1, 0.15) is 12.2 Å². The molecule has 0 radical (unpaired) electrons. The van der Waals surface area contributed by atoms with Crippen molar-refractivity contribution in [3.8, 4) is 11.8 Å². The van der Waals surface area contributed by atoms with Crippen molar-refractivity contribution in [3.63, 3.8) is 0 Å². The fraction of sp³-hybridized carbons (Fsp3) is 0.704. The summed E-state index contributed by atoms with van der Waals surface area (Å²) in [4.78, 5) is 47.6. The van der Waals surface area contributed by atoms with Crippen molar-refractivity contribution in [1.82, 2.24) is 0 Å². The van der Waals surface area contributed by atoms with E-state index in [2.05, 4.69) is 16.6 Å². The first kappa shape index (κ1) is 29.4. The second kappa shape index (κ2) is 14.6. The van der Waals surface area contributed by atoms with Gasteiger partial charge in [-0.3, -0.25) is 19.2 Å². The first-order valence-corrected chi connectivity index (χ1v) is 12.0. The Morgan fingerprint density at radius 1 is 0.971 bits per heavy atom. The molecule has 0 N–H and O–H groups in total. The molecular formula is C27H40O7. The number of allylic oxidation sites excluding steroid dienone is 1. The summed E-state index contributed by atoms with van der Waals surface area (Å²) in [6.07, 6.45) is 7.97. The quantitative estimate of drug-likeness (QED) is 0.126. The summed E-state index contributed by atoms with van der Waals surface area (Å²) >= 11 is 0. The molecule has 190 valence electrons. The molecule has 0 bridgehead atoms. The summed E-state index contributed by atoms with van der Waals surface area (Å²) in [5.41, 5.74) is -0.626. The largest absolute Gasteiger partial charge is 0.469 e. The Balaban J connectivity index is 2.96. The van der Waals surface area contributed by atoms with Gasteiger partial charge >= 0.3 is 17.9 Å². The molecule has 1 aliphatic rings. The monoisotopic (exact) mass is 476 g/mol. The minimum absolute atomic E-state index is 0.0469. The van der Waals surface area contributed by atoms with Crippen LogP contribution in [-0.2, 0) is 33.4 Å². The van der Waals surface area contributed by atoms with Crippen LogP contribution < -0.4 is 0 Å². The van der Waals surface area contributed by atoms with Crippen LogP contribution >= 0.6 is 0 Å². The van der Waals surface area contributed by atoms with Crippen molar-refractivity contribution in [2.24, 2.45) is 17.3 Å². The van der Waals surface area contributed by atoms with Crippen LogP contribution in [0.1, 0.15) is 86.0 Å². The summed E-state index contributed by atoms with van der Waals surface area (Å²) in [5, 5.41) is 0. The van der Waals surface area contributed by atoms with Gasteiger partial charge in [-0.05, 0) is 25.8 Å². The normalized spacial score (nSPS) is 22.1. The van der Waals surface area contributed by atoms with E-state index >= 15 is 0 Å². The molecule has 1 saturated carbocycles. The van der Waals surface area contributed by atoms with Crippen molar-refractivity contribution < 1.29 is 33.4 Å². The fourth-order valence-corrected chi connectivity index (χ4v) is 4.34. The summed E-state index contributed by atoms with van der Waals surface area (Å²) in [6, 6.07) is 0. The Bertz CT molecular complexity index is 800. The van der Waals surface area contributed by atoms with Crippen LogP contribution in [0.25, 0.3) is 0 Å². The molecule has 34 heavy (non-hydrogen) atoms. The van der Waals surface area contributed by atoms with E-state index < -0.39 is 17.5 Å². The second-order valence-corrected chi connectivity index (χ2v) is 9.51. The number of carbonyl (C=O) groups excluding carboxylic acids is 4. The third-order valence-electron chi connectivity index (χ3n) is 6.24. The number of carbonyl (C=O) groups is 4. The zero-order valence-electron chi connectivity index (χ0n) is 21.5. The van der Waals surface area contributed by atoms with Gasteiger partial charge in [0.25, 0.3) is 0 Å². The van der Waals surface area contributed by atoms with E-state index in [1.807, 2.05) is 19.9 Å². The number of ketones is 1. The molecule has 0 unspecified atom stereocenters. The van der Waals surface area contributed by atoms with Crippen molar-refractivity contribution in [2.45, 2.75) is 98.2 Å². The topological polar surface area (TPSA) is 96.0 Å². The summed E-state index contributed by atoms with van der Waals surface area (Å²) in [5.74, 6) is 4.44. The van der Waals surface area contributed by atoms with Crippen LogP contribution in [0.15, 0.2) is 12.2 Å². The van der Waals surface area contributed by atoms with Gasteiger partial charge in [0.15, 0.2) is 5.78 Å². The molecule has 0 aromatic carbocycles. The van der Waals surface area contributed by atoms with Crippen LogP contribution in [-0.4, -0.2) is 43.0 Å². The summed E-state index contributed by atoms with van der Waals surface area (Å²) < 4.78 is 15.8. The predicted molar refractivity (Wildman–Crippen MR) is 128 cm³/mol. The SMILES string of the molecule is CC#CCC(C)(C)C(=O)C=C[C@@H]1[C@@H](CCCCCCC(=O)OC)[C@@H](OC(C)=O)C[C@H]1OC(C)=O. The Kier molecular flexibility index (Phi) is 12.6. The summed E-state index contributed by atoms with van der Waals surface area (Å²) in [6.45, 7) is 8.18. The van der Waals surface area contributed by atoms with E-state index in [4.69, 9.17) is 9.47 Å². The highest BCUT2D eigenvalue weighted by atomic mass is 16.6. The zero-order chi connectivity index (χ0) is 25.7. The van der Waals surface area contributed by atoms with Crippen molar-refractivity contribution in [1.29, 1.82) is 0 Å². The standard InChI is InChI=1S/C27H40O7/c1-7-8-17-27(4,5)25(30)16-15-22-21(13-11-9-10-12-14-26(31)32-6)23(33-19(2)28)18-24(22)34-20(3)29/h15-16,21-24H,9-14,17-18H2,1-6H3/t21-,22-,23+,24-/m1/s1. The number of unbranched alkanes of at least 4 members (excludes halogenated alkanes) is 3. The molecule has 0 aromatic rings. The third-order valence-corrected chi connectivity index (χ3v) is 6.24. The third kappa shape index (κ3) is 10.1. The van der Waals surface area contributed by atoms with E-state index in [1.165, 1.54) is 21.0 Å². The van der Waals surface area contributed by atoms with Gasteiger partial charge < -0.3 is 14.2 Å². The van der Waals surface area contributed by atoms with E-state index in [9.17, 15) is 19.2 Å². The highest BCUT2D eigenvalue weighted by Gasteiger charge is 2.45. The van der Waals surface area contributed by atoms with E-state index in [1.54, 1.807) is 13.0 Å². The lowest BCUT2D eigenvalue weighted by molar-refractivity contribution is -0.149. The van der Waals surface area contributed by atoms with Gasteiger partial charge in [0.2, 0.25) is 0 Å². The average Bonchev–Trinajstić information content (AvgIpc) is 3.06. The highest BCUT2D eigenvalue weighted by Crippen LogP contribution is 2.41. The molecule has 0 amide bonds. The lowest BCUT2D eigenvalue weighted by atomic mass is 9.82. The Morgan fingerprint density at radius 2 is 1.59 bits per heavy atom. The van der Waals surface area contributed by atoms with Crippen LogP contribution in [0.5, 0.6) is 0 Å². The molecule has 0 aliphatic heterocycles. The predicted octanol–water partition coefficient (Wildman–Crippen LogP) is 4.56. The molecule has 1 aliphatic carbocycles. The van der Waals surface area contributed by atoms with Gasteiger partial charge in [0, 0.05) is 50.4 Å². The number of hydrogen-bond donors (Lipinski definition) is 0. The highest BCUT2D eigenvalue weighted by molar-refractivity contribution is 5.94. The summed E-state index contributed by atoms with van der Waals surface area (Å²) in [7, 11) is 1.38. The molecule has 1 fully saturated rings. The first-order chi connectivity index (χ1) is 16.0. The lowest BCUT2D eigenvalue weighted by Crippen LogP contribution is -2.26. The van der Waals surface area contributed by atoms with Crippen LogP contribution in [0.3, 0.4) is 0 Å². The second-order valence-electron chi connectivity index (χ2n) is 9.51. The van der Waals surface area contributed by atoms with E-state index in [-0.39, 0.29) is 35.7 Å². The smallest absolute Gasteiger partial charge is 0.305 e. The molecule has 4 atom stereocenters. The Hall–Kier alpha value is -2.62. The zero-order valence-corrected chi connectivity index (χ0v) is 21.5. The van der Waals surface area contributed by atoms with E-state index in [0.717, 1.165) is 32.1 Å². The molecule has 0 saturated heterocycles. The molecule has 0 heterocycles. The molecule has 7 heteroatoms. The maximum Gasteiger partial charge on any atom is 0.305 e. The fourth-order valence-electron chi connectivity index (χ4n) is 4.34. The lowest BCUT2D eigenvalue weighted by Gasteiger charge is -2.24. The molecule has 1 rings (SSSR count). The minimum atomic E-state index is -0.626. The van der Waals surface area contributed by atoms with Crippen molar-refractivity contribution in [2.75, 3.05) is 7.11 Å². The van der Waals surface area contributed by atoms with Gasteiger partial charge in [-0.15, -0.1) is 11.8 Å². The van der Waals surface area contributed by atoms with Crippen LogP contribution in [0.4, 0.5) is 0 Å². The van der Waals surface area contributed by atoms with Gasteiger partial charge in [0.05, 0.1) is 7.11 Å². The Morgan fingerprint density at radius 3 is 2.18 bits per heavy atom. The van der Waals surface area contributed by atoms with E-state index in [0.29, 0.717) is 19.3 Å². The minimum Gasteiger partial charge on any atom is -0.469 e. The molecule has 7 nitrogen and oxygen atoms in total. The number of ether oxygens (including phenoxy) is 3. The number of methoxy groups -OCH3 is 1. The molecular weight excluding hydrogens is 436 g/mol.